The third kappa shape index (κ3) is 3.86. The van der Waals surface area contributed by atoms with E-state index in [0.29, 0.717) is 0 Å². The van der Waals surface area contributed by atoms with Crippen molar-refractivity contribution in [1.29, 1.82) is 0 Å². The Labute approximate surface area is 119 Å². The third-order valence-corrected chi connectivity index (χ3v) is 4.54. The van der Waals surface area contributed by atoms with Gasteiger partial charge in [-0.1, -0.05) is 36.4 Å². The second-order valence-corrected chi connectivity index (χ2v) is 7.22. The molecule has 0 N–H and O–H groups in total. The van der Waals surface area contributed by atoms with E-state index >= 15 is 0 Å². The highest BCUT2D eigenvalue weighted by Gasteiger charge is 2.04. The first-order valence-electron chi connectivity index (χ1n) is 6.06. The summed E-state index contributed by atoms with van der Waals surface area (Å²) in [6, 6.07) is 15.2. The number of hydrogen-bond acceptors (Lipinski definition) is 3. The van der Waals surface area contributed by atoms with Crippen molar-refractivity contribution in [2.75, 3.05) is 0 Å². The molecule has 2 nitrogen and oxygen atoms in total. The number of rotatable bonds is 4. The van der Waals surface area contributed by atoms with Crippen LogP contribution in [0.3, 0.4) is 0 Å². The summed E-state index contributed by atoms with van der Waals surface area (Å²) in [5.74, 6) is 0. The number of aryl methyl sites for hydroxylation is 3. The van der Waals surface area contributed by atoms with Crippen molar-refractivity contribution in [2.45, 2.75) is 24.7 Å². The van der Waals surface area contributed by atoms with E-state index in [4.69, 9.17) is 0 Å². The molecule has 19 heavy (non-hydrogen) atoms. The van der Waals surface area contributed by atoms with E-state index in [2.05, 4.69) is 23.3 Å². The highest BCUT2D eigenvalue weighted by Crippen LogP contribution is 2.17. The van der Waals surface area contributed by atoms with E-state index in [9.17, 15) is 8.76 Å². The van der Waals surface area contributed by atoms with Crippen LogP contribution in [0.15, 0.2) is 53.4 Å². The van der Waals surface area contributed by atoms with Crippen molar-refractivity contribution in [3.05, 3.63) is 65.2 Å². The minimum atomic E-state index is -3.54. The van der Waals surface area contributed by atoms with Gasteiger partial charge in [0, 0.05) is 4.90 Å². The molecule has 0 amide bonds. The SMILES string of the molecule is Cc1ccc(S(=O)([O-])=S)cc1CCc1ccccc1. The maximum absolute atomic E-state index is 11.4. The molecular weight excluding hydrogens is 276 g/mol. The first-order chi connectivity index (χ1) is 8.97. The molecule has 0 aliphatic heterocycles. The molecule has 0 radical (unpaired) electrons. The predicted octanol–water partition coefficient (Wildman–Crippen LogP) is 3.02. The van der Waals surface area contributed by atoms with E-state index in [1.54, 1.807) is 12.1 Å². The zero-order valence-corrected chi connectivity index (χ0v) is 12.3. The van der Waals surface area contributed by atoms with Crippen molar-refractivity contribution in [3.8, 4) is 0 Å². The van der Waals surface area contributed by atoms with Gasteiger partial charge in [0.1, 0.15) is 0 Å². The van der Waals surface area contributed by atoms with Crippen LogP contribution in [0, 0.1) is 6.92 Å². The number of hydrogen-bond donors (Lipinski definition) is 0. The van der Waals surface area contributed by atoms with E-state index < -0.39 is 8.77 Å². The monoisotopic (exact) mass is 291 g/mol. The fourth-order valence-electron chi connectivity index (χ4n) is 2.00. The van der Waals surface area contributed by atoms with Gasteiger partial charge < -0.3 is 4.55 Å². The summed E-state index contributed by atoms with van der Waals surface area (Å²) in [7, 11) is -3.54. The topological polar surface area (TPSA) is 40.1 Å². The van der Waals surface area contributed by atoms with Crippen LogP contribution >= 0.6 is 0 Å². The van der Waals surface area contributed by atoms with Crippen LogP contribution in [-0.4, -0.2) is 8.76 Å². The van der Waals surface area contributed by atoms with Crippen molar-refractivity contribution in [1.82, 2.24) is 0 Å². The van der Waals surface area contributed by atoms with Gasteiger partial charge in [-0.05, 0) is 68.5 Å². The van der Waals surface area contributed by atoms with Crippen LogP contribution < -0.4 is 0 Å². The first-order valence-corrected chi connectivity index (χ1v) is 8.47. The Bertz CT molecular complexity index is 662. The van der Waals surface area contributed by atoms with Crippen molar-refractivity contribution < 1.29 is 8.76 Å². The minimum absolute atomic E-state index is 0.219. The lowest BCUT2D eigenvalue weighted by Crippen LogP contribution is -2.00. The van der Waals surface area contributed by atoms with E-state index in [1.807, 2.05) is 31.2 Å². The van der Waals surface area contributed by atoms with Gasteiger partial charge in [0.2, 0.25) is 0 Å². The molecule has 2 aromatic rings. The Morgan fingerprint density at radius 3 is 2.42 bits per heavy atom. The Kier molecular flexibility index (Phi) is 4.34. The van der Waals surface area contributed by atoms with Gasteiger partial charge in [0.15, 0.2) is 0 Å². The second-order valence-electron chi connectivity index (χ2n) is 4.53. The fourth-order valence-corrected chi connectivity index (χ4v) is 2.83. The lowest BCUT2D eigenvalue weighted by molar-refractivity contribution is 0.534. The first kappa shape index (κ1) is 14.2. The largest absolute Gasteiger partial charge is 0.766 e. The molecule has 0 aromatic heterocycles. The number of benzene rings is 2. The van der Waals surface area contributed by atoms with Crippen molar-refractivity contribution in [3.63, 3.8) is 0 Å². The van der Waals surface area contributed by atoms with Crippen LogP contribution in [0.1, 0.15) is 16.7 Å². The minimum Gasteiger partial charge on any atom is -0.766 e. The standard InChI is InChI=1S/C15H16O2S2/c1-12-7-10-15(19(16,17)18)11-14(12)9-8-13-5-3-2-4-6-13/h2-7,10-11H,8-9H2,1H3,(H,16,17,18)/p-1. The van der Waals surface area contributed by atoms with Gasteiger partial charge in [-0.3, -0.25) is 4.21 Å². The van der Waals surface area contributed by atoms with Gasteiger partial charge in [0.25, 0.3) is 0 Å². The molecule has 4 heteroatoms. The molecule has 0 aliphatic rings. The van der Waals surface area contributed by atoms with E-state index in [1.165, 1.54) is 5.56 Å². The average molecular weight is 291 g/mol. The normalized spacial score (nSPS) is 14.0. The van der Waals surface area contributed by atoms with Crippen LogP contribution in [0.25, 0.3) is 0 Å². The van der Waals surface area contributed by atoms with Crippen LogP contribution in [0.4, 0.5) is 0 Å². The Hall–Kier alpha value is -1.23. The molecule has 0 aliphatic carbocycles. The summed E-state index contributed by atoms with van der Waals surface area (Å²) in [5, 5.41) is 0. The van der Waals surface area contributed by atoms with Crippen molar-refractivity contribution >= 4 is 20.0 Å². The Balaban J connectivity index is 2.21. The van der Waals surface area contributed by atoms with Gasteiger partial charge in [-0.15, -0.1) is 0 Å². The summed E-state index contributed by atoms with van der Waals surface area (Å²) in [4.78, 5) is 0.219. The molecule has 100 valence electrons. The van der Waals surface area contributed by atoms with Crippen LogP contribution in [0.5, 0.6) is 0 Å². The van der Waals surface area contributed by atoms with E-state index in [-0.39, 0.29) is 4.90 Å². The van der Waals surface area contributed by atoms with Crippen molar-refractivity contribution in [2.24, 2.45) is 0 Å². The molecule has 0 heterocycles. The average Bonchev–Trinajstić information content (AvgIpc) is 2.37. The molecule has 1 atom stereocenters. The molecule has 2 aromatic carbocycles. The Morgan fingerprint density at radius 2 is 1.79 bits per heavy atom. The Morgan fingerprint density at radius 1 is 1.11 bits per heavy atom. The maximum atomic E-state index is 11.4. The summed E-state index contributed by atoms with van der Waals surface area (Å²) in [6.07, 6.45) is 1.71. The van der Waals surface area contributed by atoms with Gasteiger partial charge in [0.05, 0.1) is 0 Å². The third-order valence-electron chi connectivity index (χ3n) is 3.14. The highest BCUT2D eigenvalue weighted by molar-refractivity contribution is 8.29. The molecular formula is C15H15O2S2-. The molecule has 0 bridgehead atoms. The summed E-state index contributed by atoms with van der Waals surface area (Å²) >= 11 is 4.50. The zero-order chi connectivity index (χ0) is 13.9. The molecule has 1 unspecified atom stereocenters. The quantitative estimate of drug-likeness (QED) is 0.869. The van der Waals surface area contributed by atoms with Gasteiger partial charge in [-0.25, -0.2) is 0 Å². The van der Waals surface area contributed by atoms with Crippen LogP contribution in [-0.2, 0) is 32.8 Å². The summed E-state index contributed by atoms with van der Waals surface area (Å²) in [6.45, 7) is 1.99. The van der Waals surface area contributed by atoms with E-state index in [0.717, 1.165) is 24.0 Å². The molecule has 0 fully saturated rings. The predicted molar refractivity (Wildman–Crippen MR) is 79.6 cm³/mol. The van der Waals surface area contributed by atoms with Crippen LogP contribution in [0.2, 0.25) is 0 Å². The smallest absolute Gasteiger partial charge is 0.0284 e. The lowest BCUT2D eigenvalue weighted by atomic mass is 10.0. The molecule has 0 saturated carbocycles. The lowest BCUT2D eigenvalue weighted by Gasteiger charge is -2.14. The second kappa shape index (κ2) is 5.82. The molecule has 2 rings (SSSR count). The molecule has 0 saturated heterocycles. The fraction of sp³-hybridized carbons (Fsp3) is 0.200. The van der Waals surface area contributed by atoms with Gasteiger partial charge >= 0.3 is 0 Å². The highest BCUT2D eigenvalue weighted by atomic mass is 32.8. The van der Waals surface area contributed by atoms with Gasteiger partial charge in [-0.2, -0.15) is 0 Å². The maximum Gasteiger partial charge on any atom is 0.0284 e. The summed E-state index contributed by atoms with van der Waals surface area (Å²) < 4.78 is 22.8. The molecule has 0 spiro atoms. The summed E-state index contributed by atoms with van der Waals surface area (Å²) in [5.41, 5.74) is 3.38. The zero-order valence-electron chi connectivity index (χ0n) is 10.7.